The lowest BCUT2D eigenvalue weighted by Gasteiger charge is -2.43. The normalized spacial score (nSPS) is 20.8. The van der Waals surface area contributed by atoms with Crippen molar-refractivity contribution < 1.29 is 13.6 Å². The molecule has 0 unspecified atom stereocenters. The summed E-state index contributed by atoms with van der Waals surface area (Å²) in [4.78, 5) is 8.25. The molecular formula is C27H30ClFN4O2Si. The molecule has 1 saturated heterocycles. The van der Waals surface area contributed by atoms with Gasteiger partial charge < -0.3 is 19.5 Å². The smallest absolute Gasteiger partial charge is 0.261 e. The number of nitrogen functional groups attached to an aromatic ring is 1. The molecule has 5 rings (SSSR count). The van der Waals surface area contributed by atoms with Crippen LogP contribution in [0.2, 0.25) is 10.2 Å². The highest BCUT2D eigenvalue weighted by molar-refractivity contribution is 6.99. The average Bonchev–Trinajstić information content (AvgIpc) is 3.43. The van der Waals surface area contributed by atoms with Crippen LogP contribution in [0.4, 0.5) is 10.3 Å². The number of nitrogens with zero attached hydrogens (tertiary/aromatic N) is 3. The predicted octanol–water partition coefficient (Wildman–Crippen LogP) is 4.87. The van der Waals surface area contributed by atoms with Crippen LogP contribution in [0.3, 0.4) is 0 Å². The highest BCUT2D eigenvalue weighted by Crippen LogP contribution is 2.39. The minimum absolute atomic E-state index is 0.0346. The van der Waals surface area contributed by atoms with Gasteiger partial charge in [0.05, 0.1) is 18.1 Å². The molecule has 36 heavy (non-hydrogen) atoms. The first kappa shape index (κ1) is 24.9. The van der Waals surface area contributed by atoms with Crippen LogP contribution >= 0.6 is 11.6 Å². The number of benzene rings is 2. The van der Waals surface area contributed by atoms with Gasteiger partial charge in [0.25, 0.3) is 8.32 Å². The second-order valence-corrected chi connectivity index (χ2v) is 14.9. The Morgan fingerprint density at radius 1 is 1.06 bits per heavy atom. The Labute approximate surface area is 216 Å². The third-order valence-electron chi connectivity index (χ3n) is 6.85. The number of halogens is 2. The molecule has 1 aliphatic rings. The maximum absolute atomic E-state index is 15.3. The van der Waals surface area contributed by atoms with Crippen LogP contribution in [-0.4, -0.2) is 41.7 Å². The Hall–Kier alpha value is -2.78. The van der Waals surface area contributed by atoms with Crippen LogP contribution in [0.25, 0.3) is 11.0 Å². The van der Waals surface area contributed by atoms with Gasteiger partial charge in [-0.25, -0.2) is 9.37 Å². The summed E-state index contributed by atoms with van der Waals surface area (Å²) in [6.45, 7) is 6.93. The average molecular weight is 525 g/mol. The van der Waals surface area contributed by atoms with E-state index in [1.165, 1.54) is 10.4 Å². The van der Waals surface area contributed by atoms with E-state index in [9.17, 15) is 0 Å². The highest BCUT2D eigenvalue weighted by Gasteiger charge is 2.51. The van der Waals surface area contributed by atoms with Crippen LogP contribution in [0.5, 0.6) is 0 Å². The van der Waals surface area contributed by atoms with Crippen LogP contribution in [0.15, 0.2) is 72.9 Å². The van der Waals surface area contributed by atoms with Crippen molar-refractivity contribution in [1.82, 2.24) is 14.5 Å². The molecule has 0 bridgehead atoms. The molecule has 0 spiro atoms. The van der Waals surface area contributed by atoms with Crippen LogP contribution in [-0.2, 0) is 9.16 Å². The minimum atomic E-state index is -2.75. The fourth-order valence-electron chi connectivity index (χ4n) is 5.25. The van der Waals surface area contributed by atoms with Crippen molar-refractivity contribution in [2.75, 3.05) is 12.3 Å². The van der Waals surface area contributed by atoms with Crippen molar-refractivity contribution in [1.29, 1.82) is 0 Å². The molecule has 0 aliphatic carbocycles. The van der Waals surface area contributed by atoms with Gasteiger partial charge in [-0.05, 0) is 21.5 Å². The van der Waals surface area contributed by atoms with Crippen molar-refractivity contribution in [2.24, 2.45) is 0 Å². The van der Waals surface area contributed by atoms with E-state index in [4.69, 9.17) is 26.5 Å². The van der Waals surface area contributed by atoms with Gasteiger partial charge in [-0.15, -0.1) is 0 Å². The van der Waals surface area contributed by atoms with E-state index in [-0.39, 0.29) is 29.2 Å². The van der Waals surface area contributed by atoms with Crippen LogP contribution in [0, 0.1) is 0 Å². The second-order valence-electron chi connectivity index (χ2n) is 10.2. The summed E-state index contributed by atoms with van der Waals surface area (Å²) < 4.78 is 30.2. The van der Waals surface area contributed by atoms with Gasteiger partial charge in [-0.3, -0.25) is 0 Å². The Morgan fingerprint density at radius 2 is 1.67 bits per heavy atom. The third-order valence-corrected chi connectivity index (χ3v) is 12.1. The van der Waals surface area contributed by atoms with Gasteiger partial charge in [0.15, 0.2) is 6.23 Å². The van der Waals surface area contributed by atoms with Gasteiger partial charge in [0.2, 0.25) is 5.95 Å². The topological polar surface area (TPSA) is 75.2 Å². The quantitative estimate of drug-likeness (QED) is 0.288. The third kappa shape index (κ3) is 4.32. The lowest BCUT2D eigenvalue weighted by Crippen LogP contribution is -2.67. The Kier molecular flexibility index (Phi) is 6.63. The molecule has 0 amide bonds. The molecule has 0 saturated carbocycles. The number of nitrogens with two attached hydrogens (primary N) is 1. The van der Waals surface area contributed by atoms with Gasteiger partial charge >= 0.3 is 0 Å². The summed E-state index contributed by atoms with van der Waals surface area (Å²) in [5.74, 6) is 0.0346. The zero-order chi connectivity index (χ0) is 25.5. The first-order valence-corrected chi connectivity index (χ1v) is 14.3. The Balaban J connectivity index is 1.45. The fraction of sp³-hybridized carbons (Fsp3) is 0.333. The molecule has 1 fully saturated rings. The SMILES string of the molecule is CC(C)(C)[Si](OC[C@@H]1C[C@H](F)[C@H](n2ccc3c(Cl)nc(N)nc32)O1)(c1ccccc1)c1ccccc1. The molecule has 6 nitrogen and oxygen atoms in total. The standard InChI is InChI=1S/C27H30ClFN4O2Si/c1-27(2,3)36(19-10-6-4-7-11-19,20-12-8-5-9-13-20)34-17-18-16-22(29)25(35-18)33-15-14-21-23(28)31-26(30)32-24(21)33/h4-15,18,22,25H,16-17H2,1-3H3,(H2,30,31,32)/t18-,22-,25+/m0/s1. The summed E-state index contributed by atoms with van der Waals surface area (Å²) in [5.41, 5.74) is 6.24. The highest BCUT2D eigenvalue weighted by atomic mass is 35.5. The lowest BCUT2D eigenvalue weighted by molar-refractivity contribution is -0.0323. The molecule has 188 valence electrons. The van der Waals surface area contributed by atoms with Gasteiger partial charge in [0, 0.05) is 12.6 Å². The summed E-state index contributed by atoms with van der Waals surface area (Å²) in [5, 5.41) is 3.01. The van der Waals surface area contributed by atoms with E-state index in [0.717, 1.165) is 0 Å². The predicted molar refractivity (Wildman–Crippen MR) is 144 cm³/mol. The molecule has 0 radical (unpaired) electrons. The Morgan fingerprint density at radius 3 is 2.25 bits per heavy atom. The number of aromatic nitrogens is 3. The largest absolute Gasteiger partial charge is 0.405 e. The first-order valence-electron chi connectivity index (χ1n) is 12.0. The molecule has 2 aromatic heterocycles. The number of ether oxygens (including phenoxy) is 1. The zero-order valence-electron chi connectivity index (χ0n) is 20.6. The van der Waals surface area contributed by atoms with E-state index >= 15 is 4.39 Å². The fourth-order valence-corrected chi connectivity index (χ4v) is 10.1. The van der Waals surface area contributed by atoms with E-state index < -0.39 is 26.8 Å². The first-order chi connectivity index (χ1) is 17.2. The number of hydrogen-bond donors (Lipinski definition) is 1. The maximum Gasteiger partial charge on any atom is 0.261 e. The van der Waals surface area contributed by atoms with Crippen molar-refractivity contribution >= 4 is 47.3 Å². The molecule has 2 aromatic carbocycles. The van der Waals surface area contributed by atoms with Crippen molar-refractivity contribution in [2.45, 2.75) is 50.7 Å². The Bertz CT molecular complexity index is 1310. The molecule has 4 aromatic rings. The number of alkyl halides is 1. The lowest BCUT2D eigenvalue weighted by atomic mass is 10.2. The van der Waals surface area contributed by atoms with E-state index in [1.54, 1.807) is 16.8 Å². The van der Waals surface area contributed by atoms with E-state index in [2.05, 4.69) is 55.0 Å². The molecule has 9 heteroatoms. The molecule has 3 heterocycles. The summed E-state index contributed by atoms with van der Waals surface area (Å²) in [6, 6.07) is 22.5. The van der Waals surface area contributed by atoms with E-state index in [0.29, 0.717) is 11.0 Å². The number of anilines is 1. The number of rotatable bonds is 6. The van der Waals surface area contributed by atoms with E-state index in [1.807, 2.05) is 36.4 Å². The second kappa shape index (κ2) is 9.59. The number of fused-ring (bicyclic) bond motifs is 1. The molecular weight excluding hydrogens is 495 g/mol. The summed E-state index contributed by atoms with van der Waals surface area (Å²) >= 11 is 6.21. The molecule has 1 aliphatic heterocycles. The molecule has 2 N–H and O–H groups in total. The van der Waals surface area contributed by atoms with Crippen LogP contribution in [0.1, 0.15) is 33.4 Å². The van der Waals surface area contributed by atoms with Gasteiger partial charge in [0.1, 0.15) is 17.0 Å². The molecule has 3 atom stereocenters. The minimum Gasteiger partial charge on any atom is -0.405 e. The zero-order valence-corrected chi connectivity index (χ0v) is 22.3. The maximum atomic E-state index is 15.3. The van der Waals surface area contributed by atoms with Crippen molar-refractivity contribution in [3.8, 4) is 0 Å². The summed E-state index contributed by atoms with van der Waals surface area (Å²) in [7, 11) is -2.75. The van der Waals surface area contributed by atoms with Crippen LogP contribution < -0.4 is 16.1 Å². The van der Waals surface area contributed by atoms with Gasteiger partial charge in [-0.2, -0.15) is 4.98 Å². The van der Waals surface area contributed by atoms with Crippen molar-refractivity contribution in [3.63, 3.8) is 0 Å². The monoisotopic (exact) mass is 524 g/mol. The van der Waals surface area contributed by atoms with Crippen molar-refractivity contribution in [3.05, 3.63) is 78.1 Å². The number of hydrogen-bond acceptors (Lipinski definition) is 5. The van der Waals surface area contributed by atoms with Gasteiger partial charge in [-0.1, -0.05) is 93.0 Å². The summed E-state index contributed by atoms with van der Waals surface area (Å²) in [6.07, 6.45) is -0.563.